The summed E-state index contributed by atoms with van der Waals surface area (Å²) in [5, 5.41) is 3.03. The molecule has 1 atom stereocenters. The first-order valence-corrected chi connectivity index (χ1v) is 9.46. The van der Waals surface area contributed by atoms with Crippen LogP contribution in [0.3, 0.4) is 0 Å². The molecular formula is C24H25NO3. The monoisotopic (exact) mass is 375 g/mol. The number of nitrogens with one attached hydrogen (secondary N) is 1. The van der Waals surface area contributed by atoms with Crippen molar-refractivity contribution in [3.63, 3.8) is 0 Å². The number of rotatable bonds is 8. The molecule has 3 rings (SSSR count). The molecule has 1 amide bonds. The minimum atomic E-state index is -0.133. The lowest BCUT2D eigenvalue weighted by molar-refractivity contribution is 0.0939. The standard InChI is InChI=1S/C24H25NO3/c1-3-27-22-14-12-20(13-15-22)18(2)25-24(26)21-10-7-11-23(16-21)28-17-19-8-5-4-6-9-19/h4-16,18H,3,17H2,1-2H3,(H,25,26). The maximum absolute atomic E-state index is 12.6. The Morgan fingerprint density at radius 3 is 2.36 bits per heavy atom. The Hall–Kier alpha value is -3.27. The Morgan fingerprint density at radius 2 is 1.64 bits per heavy atom. The van der Waals surface area contributed by atoms with Gasteiger partial charge in [-0.05, 0) is 55.3 Å². The van der Waals surface area contributed by atoms with E-state index >= 15 is 0 Å². The van der Waals surface area contributed by atoms with Crippen LogP contribution < -0.4 is 14.8 Å². The molecule has 0 fully saturated rings. The summed E-state index contributed by atoms with van der Waals surface area (Å²) >= 11 is 0. The second kappa shape index (κ2) is 9.60. The normalized spacial score (nSPS) is 11.5. The minimum absolute atomic E-state index is 0.114. The lowest BCUT2D eigenvalue weighted by Crippen LogP contribution is -2.26. The minimum Gasteiger partial charge on any atom is -0.494 e. The fraction of sp³-hybridized carbons (Fsp3) is 0.208. The van der Waals surface area contributed by atoms with Gasteiger partial charge in [0.15, 0.2) is 0 Å². The SMILES string of the molecule is CCOc1ccc(C(C)NC(=O)c2cccc(OCc3ccccc3)c2)cc1. The van der Waals surface area contributed by atoms with Crippen molar-refractivity contribution in [2.75, 3.05) is 6.61 Å². The summed E-state index contributed by atoms with van der Waals surface area (Å²) in [7, 11) is 0. The highest BCUT2D eigenvalue weighted by molar-refractivity contribution is 5.94. The topological polar surface area (TPSA) is 47.6 Å². The summed E-state index contributed by atoms with van der Waals surface area (Å²) in [6.45, 7) is 5.01. The average molecular weight is 375 g/mol. The number of hydrogen-bond donors (Lipinski definition) is 1. The van der Waals surface area contributed by atoms with Gasteiger partial charge in [-0.3, -0.25) is 4.79 Å². The second-order valence-electron chi connectivity index (χ2n) is 6.50. The highest BCUT2D eigenvalue weighted by Gasteiger charge is 2.12. The van der Waals surface area contributed by atoms with Crippen LogP contribution in [0.2, 0.25) is 0 Å². The predicted molar refractivity (Wildman–Crippen MR) is 111 cm³/mol. The van der Waals surface area contributed by atoms with Crippen molar-refractivity contribution < 1.29 is 14.3 Å². The van der Waals surface area contributed by atoms with E-state index in [0.717, 1.165) is 16.9 Å². The first-order chi connectivity index (χ1) is 13.7. The molecule has 3 aromatic rings. The van der Waals surface area contributed by atoms with Crippen molar-refractivity contribution in [1.29, 1.82) is 0 Å². The first kappa shape index (κ1) is 19.5. The van der Waals surface area contributed by atoms with Gasteiger partial charge in [-0.2, -0.15) is 0 Å². The van der Waals surface area contributed by atoms with Crippen LogP contribution >= 0.6 is 0 Å². The Kier molecular flexibility index (Phi) is 6.68. The fourth-order valence-corrected chi connectivity index (χ4v) is 2.85. The quantitative estimate of drug-likeness (QED) is 0.592. The molecule has 0 saturated heterocycles. The summed E-state index contributed by atoms with van der Waals surface area (Å²) in [4.78, 5) is 12.6. The largest absolute Gasteiger partial charge is 0.494 e. The van der Waals surface area contributed by atoms with Gasteiger partial charge in [0, 0.05) is 5.56 Å². The Labute approximate surface area is 166 Å². The predicted octanol–water partition coefficient (Wildman–Crippen LogP) is 5.16. The molecule has 0 spiro atoms. The number of ether oxygens (including phenoxy) is 2. The number of benzene rings is 3. The Balaban J connectivity index is 1.60. The summed E-state index contributed by atoms with van der Waals surface area (Å²) in [6.07, 6.45) is 0. The lowest BCUT2D eigenvalue weighted by atomic mass is 10.1. The molecule has 0 aliphatic carbocycles. The third-order valence-electron chi connectivity index (χ3n) is 4.38. The lowest BCUT2D eigenvalue weighted by Gasteiger charge is -2.15. The van der Waals surface area contributed by atoms with Crippen LogP contribution in [0.15, 0.2) is 78.9 Å². The highest BCUT2D eigenvalue weighted by Crippen LogP contribution is 2.19. The Bertz CT molecular complexity index is 891. The number of hydrogen-bond acceptors (Lipinski definition) is 3. The van der Waals surface area contributed by atoms with Crippen molar-refractivity contribution in [2.45, 2.75) is 26.5 Å². The van der Waals surface area contributed by atoms with Crippen molar-refractivity contribution in [3.8, 4) is 11.5 Å². The van der Waals surface area contributed by atoms with Gasteiger partial charge in [-0.1, -0.05) is 48.5 Å². The molecule has 4 nitrogen and oxygen atoms in total. The number of carbonyl (C=O) groups excluding carboxylic acids is 1. The smallest absolute Gasteiger partial charge is 0.251 e. The van der Waals surface area contributed by atoms with E-state index in [1.165, 1.54) is 0 Å². The van der Waals surface area contributed by atoms with Crippen molar-refractivity contribution >= 4 is 5.91 Å². The maximum atomic E-state index is 12.6. The van der Waals surface area contributed by atoms with Gasteiger partial charge >= 0.3 is 0 Å². The molecule has 28 heavy (non-hydrogen) atoms. The van der Waals surface area contributed by atoms with E-state index in [1.807, 2.05) is 80.6 Å². The van der Waals surface area contributed by atoms with Crippen LogP contribution in [-0.2, 0) is 6.61 Å². The molecule has 0 saturated carbocycles. The molecule has 1 N–H and O–H groups in total. The van der Waals surface area contributed by atoms with Gasteiger partial charge in [0.1, 0.15) is 18.1 Å². The summed E-state index contributed by atoms with van der Waals surface area (Å²) in [6, 6.07) is 24.8. The van der Waals surface area contributed by atoms with E-state index < -0.39 is 0 Å². The maximum Gasteiger partial charge on any atom is 0.251 e. The molecule has 144 valence electrons. The van der Waals surface area contributed by atoms with Gasteiger partial charge in [0.25, 0.3) is 5.91 Å². The van der Waals surface area contributed by atoms with Gasteiger partial charge in [0.2, 0.25) is 0 Å². The van der Waals surface area contributed by atoms with Crippen LogP contribution in [0.4, 0.5) is 0 Å². The molecule has 0 radical (unpaired) electrons. The molecule has 0 aliphatic heterocycles. The Morgan fingerprint density at radius 1 is 0.893 bits per heavy atom. The summed E-state index contributed by atoms with van der Waals surface area (Å²) < 4.78 is 11.3. The van der Waals surface area contributed by atoms with Crippen LogP contribution in [0, 0.1) is 0 Å². The van der Waals surface area contributed by atoms with Crippen molar-refractivity contribution in [2.24, 2.45) is 0 Å². The molecule has 0 aromatic heterocycles. The average Bonchev–Trinajstić information content (AvgIpc) is 2.74. The van der Waals surface area contributed by atoms with E-state index in [4.69, 9.17) is 9.47 Å². The van der Waals surface area contributed by atoms with Crippen LogP contribution in [-0.4, -0.2) is 12.5 Å². The third kappa shape index (κ3) is 5.36. The van der Waals surface area contributed by atoms with Crippen LogP contribution in [0.5, 0.6) is 11.5 Å². The van der Waals surface area contributed by atoms with Crippen LogP contribution in [0.1, 0.15) is 41.4 Å². The van der Waals surface area contributed by atoms with E-state index in [9.17, 15) is 4.79 Å². The molecule has 0 heterocycles. The molecule has 0 aliphatic rings. The van der Waals surface area contributed by atoms with Crippen molar-refractivity contribution in [3.05, 3.63) is 95.6 Å². The first-order valence-electron chi connectivity index (χ1n) is 9.46. The third-order valence-corrected chi connectivity index (χ3v) is 4.38. The van der Waals surface area contributed by atoms with Gasteiger partial charge in [0.05, 0.1) is 12.6 Å². The zero-order valence-corrected chi connectivity index (χ0v) is 16.2. The number of carbonyl (C=O) groups is 1. The van der Waals surface area contributed by atoms with E-state index in [-0.39, 0.29) is 11.9 Å². The summed E-state index contributed by atoms with van der Waals surface area (Å²) in [5.41, 5.74) is 2.68. The highest BCUT2D eigenvalue weighted by atomic mass is 16.5. The molecule has 0 bridgehead atoms. The van der Waals surface area contributed by atoms with E-state index in [1.54, 1.807) is 12.1 Å². The van der Waals surface area contributed by atoms with E-state index in [2.05, 4.69) is 5.32 Å². The van der Waals surface area contributed by atoms with Gasteiger partial charge < -0.3 is 14.8 Å². The van der Waals surface area contributed by atoms with Crippen molar-refractivity contribution in [1.82, 2.24) is 5.32 Å². The number of amides is 1. The zero-order valence-electron chi connectivity index (χ0n) is 16.2. The van der Waals surface area contributed by atoms with Crippen LogP contribution in [0.25, 0.3) is 0 Å². The molecule has 4 heteroatoms. The fourth-order valence-electron chi connectivity index (χ4n) is 2.85. The van der Waals surface area contributed by atoms with Gasteiger partial charge in [-0.15, -0.1) is 0 Å². The summed E-state index contributed by atoms with van der Waals surface area (Å²) in [5.74, 6) is 1.37. The van der Waals surface area contributed by atoms with E-state index in [0.29, 0.717) is 24.5 Å². The molecule has 1 unspecified atom stereocenters. The molecular weight excluding hydrogens is 350 g/mol. The second-order valence-corrected chi connectivity index (χ2v) is 6.50. The zero-order chi connectivity index (χ0) is 19.8. The molecule has 3 aromatic carbocycles. The van der Waals surface area contributed by atoms with Gasteiger partial charge in [-0.25, -0.2) is 0 Å².